The van der Waals surface area contributed by atoms with Crippen molar-refractivity contribution in [2.24, 2.45) is 0 Å². The van der Waals surface area contributed by atoms with Gasteiger partial charge in [-0.15, -0.1) is 0 Å². The molecule has 0 aliphatic carbocycles. The number of aryl methyl sites for hydroxylation is 2. The first kappa shape index (κ1) is 20.4. The van der Waals surface area contributed by atoms with Gasteiger partial charge in [-0.3, -0.25) is 14.4 Å². The first-order chi connectivity index (χ1) is 13.9. The fourth-order valence-corrected chi connectivity index (χ4v) is 3.33. The van der Waals surface area contributed by atoms with Crippen LogP contribution < -0.4 is 10.1 Å². The van der Waals surface area contributed by atoms with Crippen molar-refractivity contribution in [2.75, 3.05) is 32.1 Å². The van der Waals surface area contributed by atoms with E-state index in [1.807, 2.05) is 44.2 Å². The predicted molar refractivity (Wildman–Crippen MR) is 110 cm³/mol. The maximum atomic E-state index is 12.5. The molecule has 0 aromatic heterocycles. The summed E-state index contributed by atoms with van der Waals surface area (Å²) in [7, 11) is 1.52. The Balaban J connectivity index is 1.60. The molecule has 1 aliphatic heterocycles. The number of anilines is 1. The smallest absolute Gasteiger partial charge is 0.312 e. The zero-order chi connectivity index (χ0) is 21.0. The molecule has 3 amide bonds. The number of ether oxygens (including phenoxy) is 1. The second-order valence-corrected chi connectivity index (χ2v) is 7.19. The Morgan fingerprint density at radius 1 is 1.00 bits per heavy atom. The van der Waals surface area contributed by atoms with E-state index in [9.17, 15) is 14.4 Å². The lowest BCUT2D eigenvalue weighted by Crippen LogP contribution is -2.55. The van der Waals surface area contributed by atoms with E-state index in [0.29, 0.717) is 31.1 Å². The second-order valence-electron chi connectivity index (χ2n) is 7.19. The van der Waals surface area contributed by atoms with Crippen LogP contribution in [0.4, 0.5) is 5.69 Å². The minimum Gasteiger partial charge on any atom is -0.495 e. The van der Waals surface area contributed by atoms with Gasteiger partial charge in [0.15, 0.2) is 0 Å². The average Bonchev–Trinajstić information content (AvgIpc) is 2.68. The first-order valence-corrected chi connectivity index (χ1v) is 9.45. The Morgan fingerprint density at radius 2 is 1.69 bits per heavy atom. The fraction of sp³-hybridized carbons (Fsp3) is 0.318. The van der Waals surface area contributed by atoms with Crippen LogP contribution >= 0.6 is 0 Å². The zero-order valence-electron chi connectivity index (χ0n) is 16.9. The summed E-state index contributed by atoms with van der Waals surface area (Å²) in [6.45, 7) is 4.79. The maximum Gasteiger partial charge on any atom is 0.312 e. The summed E-state index contributed by atoms with van der Waals surface area (Å²) in [5, 5.41) is 2.76. The van der Waals surface area contributed by atoms with Crippen molar-refractivity contribution in [1.82, 2.24) is 9.80 Å². The Labute approximate surface area is 170 Å². The number of carbonyl (C=O) groups excluding carboxylic acids is 3. The van der Waals surface area contributed by atoms with E-state index in [4.69, 9.17) is 4.74 Å². The highest BCUT2D eigenvalue weighted by molar-refractivity contribution is 6.35. The van der Waals surface area contributed by atoms with Gasteiger partial charge in [-0.2, -0.15) is 0 Å². The second kappa shape index (κ2) is 8.77. The van der Waals surface area contributed by atoms with E-state index in [2.05, 4.69) is 5.32 Å². The molecule has 1 saturated heterocycles. The van der Waals surface area contributed by atoms with Gasteiger partial charge in [0.25, 0.3) is 0 Å². The number of amides is 3. The summed E-state index contributed by atoms with van der Waals surface area (Å²) in [5.41, 5.74) is 3.58. The molecule has 0 saturated carbocycles. The Kier molecular flexibility index (Phi) is 6.16. The SMILES string of the molecule is COc1ccc(C)cc1NC(=O)CN1CCN(Cc2cccc(C)c2)C(=O)C1=O. The van der Waals surface area contributed by atoms with E-state index >= 15 is 0 Å². The number of rotatable bonds is 6. The van der Waals surface area contributed by atoms with Crippen LogP contribution in [0.25, 0.3) is 0 Å². The van der Waals surface area contributed by atoms with Gasteiger partial charge in [0.2, 0.25) is 5.91 Å². The number of nitrogens with one attached hydrogen (secondary N) is 1. The van der Waals surface area contributed by atoms with Gasteiger partial charge in [-0.05, 0) is 37.1 Å². The van der Waals surface area contributed by atoms with Gasteiger partial charge in [0.05, 0.1) is 12.8 Å². The van der Waals surface area contributed by atoms with Crippen LogP contribution in [0.15, 0.2) is 42.5 Å². The lowest BCUT2D eigenvalue weighted by atomic mass is 10.1. The van der Waals surface area contributed by atoms with Gasteiger partial charge >= 0.3 is 11.8 Å². The largest absolute Gasteiger partial charge is 0.495 e. The number of hydrogen-bond donors (Lipinski definition) is 1. The van der Waals surface area contributed by atoms with Crippen LogP contribution in [0, 0.1) is 13.8 Å². The minimum absolute atomic E-state index is 0.181. The number of nitrogens with zero attached hydrogens (tertiary/aromatic N) is 2. The molecule has 0 spiro atoms. The molecule has 7 nitrogen and oxygen atoms in total. The number of piperazine rings is 1. The highest BCUT2D eigenvalue weighted by atomic mass is 16.5. The highest BCUT2D eigenvalue weighted by Crippen LogP contribution is 2.25. The molecule has 0 unspecified atom stereocenters. The van der Waals surface area contributed by atoms with E-state index in [-0.39, 0.29) is 12.5 Å². The normalized spacial score (nSPS) is 14.2. The van der Waals surface area contributed by atoms with E-state index in [0.717, 1.165) is 16.7 Å². The Bertz CT molecular complexity index is 941. The molecule has 0 atom stereocenters. The molecule has 7 heteroatoms. The van der Waals surface area contributed by atoms with Crippen LogP contribution in [0.5, 0.6) is 5.75 Å². The van der Waals surface area contributed by atoms with Gasteiger partial charge in [-0.1, -0.05) is 35.9 Å². The standard InChI is InChI=1S/C22H25N3O4/c1-15-5-4-6-17(11-15)13-24-9-10-25(22(28)21(24)27)14-20(26)23-18-12-16(2)7-8-19(18)29-3/h4-8,11-12H,9-10,13-14H2,1-3H3,(H,23,26). The number of benzene rings is 2. The summed E-state index contributed by atoms with van der Waals surface area (Å²) in [4.78, 5) is 40.2. The van der Waals surface area contributed by atoms with Crippen molar-refractivity contribution >= 4 is 23.4 Å². The molecule has 0 radical (unpaired) electrons. The fourth-order valence-electron chi connectivity index (χ4n) is 3.33. The van der Waals surface area contributed by atoms with Crippen molar-refractivity contribution in [3.05, 3.63) is 59.2 Å². The van der Waals surface area contributed by atoms with Gasteiger partial charge in [0.1, 0.15) is 12.3 Å². The molecule has 1 heterocycles. The van der Waals surface area contributed by atoms with Gasteiger partial charge in [-0.25, -0.2) is 0 Å². The molecule has 29 heavy (non-hydrogen) atoms. The van der Waals surface area contributed by atoms with Crippen molar-refractivity contribution in [2.45, 2.75) is 20.4 Å². The van der Waals surface area contributed by atoms with Crippen molar-refractivity contribution in [3.63, 3.8) is 0 Å². The third-order valence-electron chi connectivity index (χ3n) is 4.82. The molecule has 0 bridgehead atoms. The minimum atomic E-state index is -0.657. The quantitative estimate of drug-likeness (QED) is 0.760. The van der Waals surface area contributed by atoms with E-state index in [1.54, 1.807) is 12.1 Å². The first-order valence-electron chi connectivity index (χ1n) is 9.45. The topological polar surface area (TPSA) is 79.0 Å². The Morgan fingerprint density at radius 3 is 2.41 bits per heavy atom. The van der Waals surface area contributed by atoms with Crippen LogP contribution in [-0.4, -0.2) is 54.3 Å². The molecule has 1 N–H and O–H groups in total. The summed E-state index contributed by atoms with van der Waals surface area (Å²) < 4.78 is 5.25. The summed E-state index contributed by atoms with van der Waals surface area (Å²) in [6, 6.07) is 13.3. The molecular weight excluding hydrogens is 370 g/mol. The molecule has 1 aliphatic rings. The third-order valence-corrected chi connectivity index (χ3v) is 4.82. The van der Waals surface area contributed by atoms with E-state index < -0.39 is 11.8 Å². The third kappa shape index (κ3) is 4.93. The molecule has 1 fully saturated rings. The lowest BCUT2D eigenvalue weighted by molar-refractivity contribution is -0.157. The monoisotopic (exact) mass is 395 g/mol. The number of carbonyl (C=O) groups is 3. The lowest BCUT2D eigenvalue weighted by Gasteiger charge is -2.33. The summed E-state index contributed by atoms with van der Waals surface area (Å²) in [5.74, 6) is -1.08. The average molecular weight is 395 g/mol. The predicted octanol–water partition coefficient (Wildman–Crippen LogP) is 2.12. The maximum absolute atomic E-state index is 12.5. The molecule has 152 valence electrons. The molecule has 2 aromatic rings. The van der Waals surface area contributed by atoms with Gasteiger partial charge in [0, 0.05) is 19.6 Å². The molecular formula is C22H25N3O4. The Hall–Kier alpha value is -3.35. The van der Waals surface area contributed by atoms with Gasteiger partial charge < -0.3 is 19.9 Å². The van der Waals surface area contributed by atoms with Crippen LogP contribution in [0.2, 0.25) is 0 Å². The van der Waals surface area contributed by atoms with Crippen LogP contribution in [0.3, 0.4) is 0 Å². The molecule has 3 rings (SSSR count). The summed E-state index contributed by atoms with van der Waals surface area (Å²) >= 11 is 0. The molecule has 2 aromatic carbocycles. The van der Waals surface area contributed by atoms with Crippen LogP contribution in [0.1, 0.15) is 16.7 Å². The summed E-state index contributed by atoms with van der Waals surface area (Å²) in [6.07, 6.45) is 0. The number of hydrogen-bond acceptors (Lipinski definition) is 4. The zero-order valence-corrected chi connectivity index (χ0v) is 16.9. The highest BCUT2D eigenvalue weighted by Gasteiger charge is 2.33. The van der Waals surface area contributed by atoms with E-state index in [1.165, 1.54) is 16.9 Å². The van der Waals surface area contributed by atoms with Crippen molar-refractivity contribution in [3.8, 4) is 5.75 Å². The van der Waals surface area contributed by atoms with Crippen molar-refractivity contribution < 1.29 is 19.1 Å². The number of methoxy groups -OCH3 is 1. The van der Waals surface area contributed by atoms with Crippen molar-refractivity contribution in [1.29, 1.82) is 0 Å². The van der Waals surface area contributed by atoms with Crippen LogP contribution in [-0.2, 0) is 20.9 Å².